The van der Waals surface area contributed by atoms with Crippen LogP contribution < -0.4 is 20.2 Å². The van der Waals surface area contributed by atoms with Gasteiger partial charge in [-0.1, -0.05) is 36.4 Å². The van der Waals surface area contributed by atoms with Crippen LogP contribution in [0.15, 0.2) is 48.8 Å². The second-order valence-electron chi connectivity index (χ2n) is 10.7. The molecule has 2 aromatic heterocycles. The molecule has 14 nitrogen and oxygen atoms in total. The first kappa shape index (κ1) is 30.4. The topological polar surface area (TPSA) is 180 Å². The summed E-state index contributed by atoms with van der Waals surface area (Å²) >= 11 is 0. The van der Waals surface area contributed by atoms with Crippen LogP contribution >= 0.6 is 7.75 Å². The van der Waals surface area contributed by atoms with Crippen molar-refractivity contribution in [2.24, 2.45) is 0 Å². The van der Waals surface area contributed by atoms with Crippen LogP contribution in [0.2, 0.25) is 0 Å². The van der Waals surface area contributed by atoms with Gasteiger partial charge in [-0.05, 0) is 32.2 Å². The van der Waals surface area contributed by atoms with Crippen LogP contribution in [-0.4, -0.2) is 70.2 Å². The number of ether oxygens (including phenoxy) is 2. The van der Waals surface area contributed by atoms with Crippen molar-refractivity contribution < 1.29 is 27.9 Å². The average Bonchev–Trinajstić information content (AvgIpc) is 3.53. The molecule has 0 bridgehead atoms. The van der Waals surface area contributed by atoms with E-state index in [2.05, 4.69) is 20.0 Å². The maximum Gasteiger partial charge on any atom is 0.459 e. The number of hydrogen-bond donors (Lipinski definition) is 3. The summed E-state index contributed by atoms with van der Waals surface area (Å²) in [5.74, 6) is 0.304. The first-order valence-electron chi connectivity index (χ1n) is 13.7. The quantitative estimate of drug-likeness (QED) is 0.164. The van der Waals surface area contributed by atoms with E-state index >= 15 is 0 Å². The largest absolute Gasteiger partial charge is 0.462 e. The highest BCUT2D eigenvalue weighted by Gasteiger charge is 2.38. The second kappa shape index (κ2) is 12.3. The van der Waals surface area contributed by atoms with Crippen molar-refractivity contribution in [1.82, 2.24) is 24.6 Å². The van der Waals surface area contributed by atoms with E-state index in [4.69, 9.17) is 29.7 Å². The molecule has 4 N–H and O–H groups in total. The maximum atomic E-state index is 14.2. The molecule has 5 rings (SSSR count). The van der Waals surface area contributed by atoms with Crippen molar-refractivity contribution >= 4 is 53.1 Å². The van der Waals surface area contributed by atoms with Gasteiger partial charge in [-0.2, -0.15) is 15.1 Å². The Balaban J connectivity index is 1.37. The fourth-order valence-corrected chi connectivity index (χ4v) is 6.23. The number of nitrogens with one attached hydrogen (secondary N) is 2. The predicted octanol–water partition coefficient (Wildman–Crippen LogP) is 4.07. The third-order valence-corrected chi connectivity index (χ3v) is 8.25. The van der Waals surface area contributed by atoms with E-state index in [0.717, 1.165) is 10.8 Å². The zero-order chi connectivity index (χ0) is 30.9. The number of anilines is 2. The number of carbonyl (C=O) groups excluding carboxylic acids is 1. The van der Waals surface area contributed by atoms with Gasteiger partial charge in [0.2, 0.25) is 5.95 Å². The smallest absolute Gasteiger partial charge is 0.459 e. The fourth-order valence-electron chi connectivity index (χ4n) is 4.69. The molecule has 15 heteroatoms. The van der Waals surface area contributed by atoms with Crippen molar-refractivity contribution in [2.45, 2.75) is 51.7 Å². The molecule has 2 aromatic carbocycles. The highest BCUT2D eigenvalue weighted by molar-refractivity contribution is 7.52. The summed E-state index contributed by atoms with van der Waals surface area (Å²) in [6, 6.07) is 11.8. The van der Waals surface area contributed by atoms with Crippen LogP contribution in [0.25, 0.3) is 21.9 Å². The minimum absolute atomic E-state index is 0.0603. The molecule has 3 heterocycles. The van der Waals surface area contributed by atoms with Gasteiger partial charge in [0.25, 0.3) is 0 Å². The summed E-state index contributed by atoms with van der Waals surface area (Å²) in [5.41, 5.74) is 7.10. The lowest BCUT2D eigenvalue weighted by Crippen LogP contribution is -2.36. The lowest BCUT2D eigenvalue weighted by molar-refractivity contribution is -0.149. The first-order valence-corrected chi connectivity index (χ1v) is 15.3. The van der Waals surface area contributed by atoms with E-state index in [1.165, 1.54) is 13.3 Å². The van der Waals surface area contributed by atoms with Crippen LogP contribution in [0.4, 0.5) is 11.8 Å². The van der Waals surface area contributed by atoms with Crippen molar-refractivity contribution in [1.29, 1.82) is 5.41 Å². The fraction of sp³-hybridized carbons (Fsp3) is 0.393. The van der Waals surface area contributed by atoms with Gasteiger partial charge in [0.1, 0.15) is 11.8 Å². The molecule has 0 aliphatic carbocycles. The number of nitrogens with zero attached hydrogens (tertiary/aromatic N) is 5. The molecule has 43 heavy (non-hydrogen) atoms. The van der Waals surface area contributed by atoms with Gasteiger partial charge < -0.3 is 30.0 Å². The lowest BCUT2D eigenvalue weighted by atomic mass is 10.1. The summed E-state index contributed by atoms with van der Waals surface area (Å²) in [5, 5.41) is 12.9. The number of aromatic nitrogens is 4. The third-order valence-electron chi connectivity index (χ3n) is 6.62. The SMILES string of the molecule is CC(C)OC(=O)[C@@H](C)NP(=O)(OC[C@@H]1CC(=N)[C@H](n2cnc3c(N(C)C)nc(N)nc32)O1)Oc1cccc2ccccc12. The number of imidazole rings is 1. The van der Waals surface area contributed by atoms with Gasteiger partial charge in [0, 0.05) is 25.9 Å². The Kier molecular flexibility index (Phi) is 8.65. The molecular formula is C28H35N8O6P. The summed E-state index contributed by atoms with van der Waals surface area (Å²) < 4.78 is 39.1. The van der Waals surface area contributed by atoms with Gasteiger partial charge in [-0.3, -0.25) is 13.9 Å². The number of rotatable bonds is 11. The molecule has 0 saturated carbocycles. The number of fused-ring (bicyclic) bond motifs is 2. The van der Waals surface area contributed by atoms with Crippen molar-refractivity contribution in [3.63, 3.8) is 0 Å². The Morgan fingerprint density at radius 3 is 2.70 bits per heavy atom. The molecule has 4 aromatic rings. The van der Waals surface area contributed by atoms with Crippen molar-refractivity contribution in [3.05, 3.63) is 48.8 Å². The highest BCUT2D eigenvalue weighted by atomic mass is 31.2. The van der Waals surface area contributed by atoms with E-state index in [9.17, 15) is 9.36 Å². The van der Waals surface area contributed by atoms with Gasteiger partial charge in [0.15, 0.2) is 23.2 Å². The van der Waals surface area contributed by atoms with Crippen molar-refractivity contribution in [2.75, 3.05) is 31.3 Å². The predicted molar refractivity (Wildman–Crippen MR) is 162 cm³/mol. The number of nitrogens with two attached hydrogens (primary N) is 1. The van der Waals surface area contributed by atoms with E-state index in [1.807, 2.05) is 44.4 Å². The molecule has 228 valence electrons. The van der Waals surface area contributed by atoms with Gasteiger partial charge in [0.05, 0.1) is 30.9 Å². The van der Waals surface area contributed by atoms with E-state index in [1.54, 1.807) is 35.4 Å². The van der Waals surface area contributed by atoms with Crippen LogP contribution in [0, 0.1) is 5.41 Å². The molecular weight excluding hydrogens is 575 g/mol. The van der Waals surface area contributed by atoms with Crippen LogP contribution in [-0.2, 0) is 23.4 Å². The Morgan fingerprint density at radius 2 is 1.95 bits per heavy atom. The highest BCUT2D eigenvalue weighted by Crippen LogP contribution is 2.47. The molecule has 1 aliphatic rings. The first-order chi connectivity index (χ1) is 20.4. The average molecular weight is 611 g/mol. The number of esters is 1. The zero-order valence-corrected chi connectivity index (χ0v) is 25.4. The minimum Gasteiger partial charge on any atom is -0.462 e. The van der Waals surface area contributed by atoms with E-state index in [0.29, 0.717) is 22.7 Å². The molecule has 0 radical (unpaired) electrons. The minimum atomic E-state index is -4.18. The molecule has 0 spiro atoms. The molecule has 1 unspecified atom stereocenters. The summed E-state index contributed by atoms with van der Waals surface area (Å²) in [7, 11) is -0.543. The monoisotopic (exact) mass is 610 g/mol. The Hall–Kier alpha value is -4.10. The summed E-state index contributed by atoms with van der Waals surface area (Å²) in [4.78, 5) is 27.3. The Labute approximate surface area is 248 Å². The molecule has 1 aliphatic heterocycles. The van der Waals surface area contributed by atoms with Crippen LogP contribution in [0.3, 0.4) is 0 Å². The van der Waals surface area contributed by atoms with Gasteiger partial charge in [-0.15, -0.1) is 0 Å². The van der Waals surface area contributed by atoms with Gasteiger partial charge in [-0.25, -0.2) is 9.55 Å². The summed E-state index contributed by atoms with van der Waals surface area (Å²) in [6.45, 7) is 4.76. The second-order valence-corrected chi connectivity index (χ2v) is 12.4. The molecule has 0 amide bonds. The van der Waals surface area contributed by atoms with Gasteiger partial charge >= 0.3 is 13.7 Å². The standard InChI is InChI=1S/C28H35N8O6P/c1-16(2)40-27(37)17(3)34-43(38,42-22-12-8-10-18-9-6-7-11-20(18)22)39-14-19-13-21(29)26(41-19)36-15-31-23-24(35(4)5)32-28(30)33-25(23)36/h6-12,15-17,19,26,29H,13-14H2,1-5H3,(H,34,38)(H2,30,32,33)/t17-,19+,26-,43?/m1/s1. The molecule has 4 atom stereocenters. The van der Waals surface area contributed by atoms with Crippen LogP contribution in [0.1, 0.15) is 33.4 Å². The molecule has 1 saturated heterocycles. The normalized spacial score (nSPS) is 19.1. The van der Waals surface area contributed by atoms with Crippen molar-refractivity contribution in [3.8, 4) is 5.75 Å². The maximum absolute atomic E-state index is 14.2. The van der Waals surface area contributed by atoms with E-state index < -0.39 is 32.1 Å². The Bertz CT molecular complexity index is 1700. The third kappa shape index (κ3) is 6.62. The summed E-state index contributed by atoms with van der Waals surface area (Å²) in [6.07, 6.45) is -0.155. The number of nitrogen functional groups attached to an aromatic ring is 1. The molecule has 1 fully saturated rings. The number of benzene rings is 2. The van der Waals surface area contributed by atoms with E-state index in [-0.39, 0.29) is 30.8 Å². The Morgan fingerprint density at radius 1 is 1.21 bits per heavy atom. The number of carbonyl (C=O) groups is 1. The van der Waals surface area contributed by atoms with Crippen LogP contribution in [0.5, 0.6) is 5.75 Å². The number of hydrogen-bond acceptors (Lipinski definition) is 12. The lowest BCUT2D eigenvalue weighted by Gasteiger charge is -2.25. The zero-order valence-electron chi connectivity index (χ0n) is 24.6.